The van der Waals surface area contributed by atoms with Crippen molar-refractivity contribution in [1.29, 1.82) is 0 Å². The number of phenolic OH excluding ortho intramolecular Hbond substituents is 1. The summed E-state index contributed by atoms with van der Waals surface area (Å²) in [5.74, 6) is 5.41. The molecule has 0 bridgehead atoms. The lowest BCUT2D eigenvalue weighted by molar-refractivity contribution is -0.129. The molecule has 0 radical (unpaired) electrons. The second kappa shape index (κ2) is 13.9. The summed E-state index contributed by atoms with van der Waals surface area (Å²) >= 11 is 1.94. The largest absolute Gasteiger partial charge is 0.508 e. The molecule has 3 aliphatic carbocycles. The summed E-state index contributed by atoms with van der Waals surface area (Å²) in [6.07, 6.45) is 16.1. The number of phenols is 1. The van der Waals surface area contributed by atoms with Gasteiger partial charge in [-0.1, -0.05) is 52.0 Å². The number of unbranched alkanes of at least 4 members (excludes halogenated alkanes) is 5. The number of thioether (sulfide) groups is 1. The highest BCUT2D eigenvalue weighted by Crippen LogP contribution is 2.62. The Morgan fingerprint density at radius 3 is 2.68 bits per heavy atom. The van der Waals surface area contributed by atoms with Crippen molar-refractivity contribution in [2.24, 2.45) is 23.2 Å². The van der Waals surface area contributed by atoms with Crippen LogP contribution < -0.4 is 0 Å². The van der Waals surface area contributed by atoms with Gasteiger partial charge in [0.05, 0.1) is 6.10 Å². The zero-order valence-electron chi connectivity index (χ0n) is 24.3. The molecule has 1 aromatic rings. The molecule has 5 heteroatoms. The first-order valence-corrected chi connectivity index (χ1v) is 16.8. The van der Waals surface area contributed by atoms with Crippen LogP contribution in [0.25, 0.3) is 0 Å². The molecule has 4 nitrogen and oxygen atoms in total. The Kier molecular flexibility index (Phi) is 10.9. The number of aliphatic hydroxyl groups is 1. The lowest BCUT2D eigenvalue weighted by Crippen LogP contribution is -2.47. The highest BCUT2D eigenvalue weighted by molar-refractivity contribution is 7.99. The molecule has 2 saturated carbocycles. The van der Waals surface area contributed by atoms with Gasteiger partial charge in [0, 0.05) is 25.8 Å². The minimum atomic E-state index is -0.131. The van der Waals surface area contributed by atoms with Crippen molar-refractivity contribution < 1.29 is 15.0 Å². The molecule has 0 heterocycles. The van der Waals surface area contributed by atoms with Gasteiger partial charge >= 0.3 is 0 Å². The van der Waals surface area contributed by atoms with Crippen LogP contribution >= 0.6 is 11.8 Å². The highest BCUT2D eigenvalue weighted by Gasteiger charge is 2.56. The minimum Gasteiger partial charge on any atom is -0.508 e. The molecule has 2 fully saturated rings. The van der Waals surface area contributed by atoms with Gasteiger partial charge in [0.1, 0.15) is 5.75 Å². The molecule has 1 amide bonds. The van der Waals surface area contributed by atoms with E-state index in [-0.39, 0.29) is 11.5 Å². The maximum Gasteiger partial charge on any atom is 0.223 e. The van der Waals surface area contributed by atoms with Crippen LogP contribution in [-0.2, 0) is 11.2 Å². The maximum atomic E-state index is 12.1. The zero-order chi connectivity index (χ0) is 27.1. The summed E-state index contributed by atoms with van der Waals surface area (Å²) in [5.41, 5.74) is 2.96. The molecule has 38 heavy (non-hydrogen) atoms. The summed E-state index contributed by atoms with van der Waals surface area (Å²) in [6, 6.07) is 6.12. The van der Waals surface area contributed by atoms with Gasteiger partial charge < -0.3 is 15.1 Å². The van der Waals surface area contributed by atoms with E-state index in [0.29, 0.717) is 41.7 Å². The van der Waals surface area contributed by atoms with Crippen LogP contribution in [0.3, 0.4) is 0 Å². The van der Waals surface area contributed by atoms with Crippen molar-refractivity contribution in [2.45, 2.75) is 116 Å². The smallest absolute Gasteiger partial charge is 0.223 e. The molecule has 0 spiro atoms. The Morgan fingerprint density at radius 2 is 1.87 bits per heavy atom. The van der Waals surface area contributed by atoms with E-state index in [9.17, 15) is 15.0 Å². The van der Waals surface area contributed by atoms with Crippen molar-refractivity contribution in [3.63, 3.8) is 0 Å². The van der Waals surface area contributed by atoms with E-state index >= 15 is 0 Å². The number of aromatic hydroxyl groups is 1. The second-order valence-corrected chi connectivity index (χ2v) is 14.1. The first kappa shape index (κ1) is 29.8. The first-order valence-electron chi connectivity index (χ1n) is 15.7. The van der Waals surface area contributed by atoms with E-state index in [0.717, 1.165) is 44.4 Å². The Hall–Kier alpha value is -1.20. The summed E-state index contributed by atoms with van der Waals surface area (Å²) in [7, 11) is 1.93. The van der Waals surface area contributed by atoms with Crippen molar-refractivity contribution in [3.8, 4) is 5.75 Å². The van der Waals surface area contributed by atoms with Gasteiger partial charge in [-0.3, -0.25) is 4.79 Å². The van der Waals surface area contributed by atoms with E-state index in [1.165, 1.54) is 68.2 Å². The van der Waals surface area contributed by atoms with Gasteiger partial charge in [0.15, 0.2) is 0 Å². The average Bonchev–Trinajstić information content (AvgIpc) is 3.21. The number of hydrogen-bond donors (Lipinski definition) is 2. The van der Waals surface area contributed by atoms with Crippen LogP contribution in [0, 0.1) is 23.2 Å². The molecule has 0 aliphatic heterocycles. The van der Waals surface area contributed by atoms with Crippen LogP contribution in [-0.4, -0.2) is 52.2 Å². The number of amides is 1. The van der Waals surface area contributed by atoms with Gasteiger partial charge in [-0.25, -0.2) is 0 Å². The molecule has 6 atom stereocenters. The van der Waals surface area contributed by atoms with Crippen LogP contribution in [0.4, 0.5) is 0 Å². The van der Waals surface area contributed by atoms with Crippen LogP contribution in [0.15, 0.2) is 18.2 Å². The summed E-state index contributed by atoms with van der Waals surface area (Å²) in [4.78, 5) is 14.0. The molecule has 4 rings (SSSR count). The minimum absolute atomic E-state index is 0.0983. The van der Waals surface area contributed by atoms with E-state index < -0.39 is 0 Å². The zero-order valence-corrected chi connectivity index (χ0v) is 25.1. The number of benzene rings is 1. The van der Waals surface area contributed by atoms with Crippen molar-refractivity contribution in [3.05, 3.63) is 29.3 Å². The standard InChI is InChI=1S/C33H53NO3S/c1-4-5-19-34(3)31(37)17-21-38-20-10-8-6-7-9-11-24-22-25-23-26(35)12-13-27(25)28-16-18-33(2)29(32(24)28)14-15-30(33)36/h12-13,23-24,28-30,32,35-36H,4-11,14-22H2,1-3H3/t24-,28-,29+,30+,32-,33+/m1/s1. The quantitative estimate of drug-likeness (QED) is 0.238. The Bertz CT molecular complexity index is 906. The van der Waals surface area contributed by atoms with Crippen molar-refractivity contribution in [2.75, 3.05) is 25.1 Å². The van der Waals surface area contributed by atoms with E-state index in [1.54, 1.807) is 0 Å². The molecular formula is C33H53NO3S. The molecule has 0 unspecified atom stereocenters. The fourth-order valence-electron chi connectivity index (χ4n) is 8.14. The first-order chi connectivity index (χ1) is 18.3. The van der Waals surface area contributed by atoms with Gasteiger partial charge in [-0.2, -0.15) is 11.8 Å². The lowest BCUT2D eigenvalue weighted by Gasteiger charge is -2.53. The number of rotatable bonds is 14. The molecule has 3 aliphatic rings. The number of hydrogen-bond acceptors (Lipinski definition) is 4. The predicted octanol–water partition coefficient (Wildman–Crippen LogP) is 7.56. The molecule has 1 aromatic carbocycles. The third kappa shape index (κ3) is 6.92. The normalized spacial score (nSPS) is 29.9. The van der Waals surface area contributed by atoms with Crippen molar-refractivity contribution in [1.82, 2.24) is 4.90 Å². The highest BCUT2D eigenvalue weighted by atomic mass is 32.2. The number of fused-ring (bicyclic) bond motifs is 5. The van der Waals surface area contributed by atoms with Gasteiger partial charge in [-0.15, -0.1) is 0 Å². The van der Waals surface area contributed by atoms with E-state index in [1.807, 2.05) is 35.8 Å². The van der Waals surface area contributed by atoms with Crippen LogP contribution in [0.1, 0.15) is 114 Å². The average molecular weight is 544 g/mol. The lowest BCUT2D eigenvalue weighted by atomic mass is 9.52. The number of carbonyl (C=O) groups excluding carboxylic acids is 1. The Labute approximate surface area is 236 Å². The maximum absolute atomic E-state index is 12.1. The van der Waals surface area contributed by atoms with Gasteiger partial charge in [0.25, 0.3) is 0 Å². The van der Waals surface area contributed by atoms with Gasteiger partial charge in [0.2, 0.25) is 5.91 Å². The second-order valence-electron chi connectivity index (χ2n) is 12.9. The van der Waals surface area contributed by atoms with E-state index in [4.69, 9.17) is 0 Å². The molecular weight excluding hydrogens is 490 g/mol. The molecule has 0 saturated heterocycles. The summed E-state index contributed by atoms with van der Waals surface area (Å²) in [5, 5.41) is 21.0. The van der Waals surface area contributed by atoms with Crippen molar-refractivity contribution >= 4 is 17.7 Å². The predicted molar refractivity (Wildman–Crippen MR) is 160 cm³/mol. The monoisotopic (exact) mass is 543 g/mol. The summed E-state index contributed by atoms with van der Waals surface area (Å²) in [6.45, 7) is 5.42. The fourth-order valence-corrected chi connectivity index (χ4v) is 9.08. The molecule has 2 N–H and O–H groups in total. The fraction of sp³-hybridized carbons (Fsp3) is 0.788. The number of nitrogens with zero attached hydrogens (tertiary/aromatic N) is 1. The summed E-state index contributed by atoms with van der Waals surface area (Å²) < 4.78 is 0. The Morgan fingerprint density at radius 1 is 1.08 bits per heavy atom. The molecule has 0 aromatic heterocycles. The van der Waals surface area contributed by atoms with Gasteiger partial charge in [-0.05, 0) is 109 Å². The number of aliphatic hydroxyl groups excluding tert-OH is 1. The van der Waals surface area contributed by atoms with E-state index in [2.05, 4.69) is 19.9 Å². The SMILES string of the molecule is CCCCN(C)C(=O)CCSCCCCCCC[C@@H]1Cc2cc(O)ccc2[C@H]2CC[C@]3(C)[C@@H](O)CC[C@H]3[C@H]12. The topological polar surface area (TPSA) is 60.8 Å². The third-order valence-corrected chi connectivity index (χ3v) is 11.5. The van der Waals surface area contributed by atoms with Crippen LogP contribution in [0.5, 0.6) is 5.75 Å². The number of carbonyl (C=O) groups is 1. The van der Waals surface area contributed by atoms with Crippen LogP contribution in [0.2, 0.25) is 0 Å². The third-order valence-electron chi connectivity index (χ3n) is 10.4. The molecule has 214 valence electrons. The Balaban J connectivity index is 1.19.